The van der Waals surface area contributed by atoms with Gasteiger partial charge >= 0.3 is 7.02 Å². The third-order valence-corrected chi connectivity index (χ3v) is 24.9. The first-order valence-electron chi connectivity index (χ1n) is 15.7. The fraction of sp³-hybridized carbons (Fsp3) is 0.941. The number of nitrogens with zero attached hydrogens (tertiary/aromatic N) is 3. The van der Waals surface area contributed by atoms with Crippen LogP contribution in [-0.2, 0) is 32.7 Å². The Hall–Kier alpha value is 1.74. The molecule has 8 heteroatoms. The van der Waals surface area contributed by atoms with E-state index in [-0.39, 0.29) is 51.2 Å². The Morgan fingerprint density at radius 3 is 1.05 bits per heavy atom. The zero-order valence-electron chi connectivity index (χ0n) is 31.1. The molecule has 3 nitrogen and oxygen atoms in total. The van der Waals surface area contributed by atoms with Gasteiger partial charge in [-0.2, -0.15) is 0 Å². The van der Waals surface area contributed by atoms with Crippen LogP contribution >= 0.6 is 22.2 Å². The molecular weight excluding hydrogens is 666 g/mol. The molecule has 1 radical (unpaired) electrons. The fourth-order valence-corrected chi connectivity index (χ4v) is 24.3. The summed E-state index contributed by atoms with van der Waals surface area (Å²) in [4.78, 5) is 0. The maximum atomic E-state index is 6.63. The topological polar surface area (TPSA) is 9.72 Å². The molecule has 3 fully saturated rings. The molecule has 3 rings (SSSR count). The third kappa shape index (κ3) is 8.80. The quantitative estimate of drug-likeness (QED) is 0.139. The molecule has 3 saturated heterocycles. The van der Waals surface area contributed by atoms with Crippen molar-refractivity contribution in [2.75, 3.05) is 19.6 Å². The summed E-state index contributed by atoms with van der Waals surface area (Å²) >= 11 is 13.3. The second-order valence-corrected chi connectivity index (χ2v) is 29.3. The van der Waals surface area contributed by atoms with Crippen LogP contribution in [0.15, 0.2) is 11.1 Å². The van der Waals surface area contributed by atoms with Crippen molar-refractivity contribution in [1.82, 2.24) is 13.7 Å². The second-order valence-electron chi connectivity index (χ2n) is 18.2. The summed E-state index contributed by atoms with van der Waals surface area (Å²) in [7, 11) is -3.90. The minimum Gasteiger partial charge on any atom is -0.318 e. The maximum absolute atomic E-state index is 6.63. The molecule has 0 saturated carbocycles. The summed E-state index contributed by atoms with van der Waals surface area (Å²) in [5, 5.41) is 1.09. The van der Waals surface area contributed by atoms with Crippen LogP contribution in [0.3, 0.4) is 0 Å². The van der Waals surface area contributed by atoms with Gasteiger partial charge in [0.1, 0.15) is 8.24 Å². The molecule has 1 unspecified atom stereocenters. The molecule has 0 aromatic carbocycles. The zero-order chi connectivity index (χ0) is 32.3. The Morgan fingerprint density at radius 1 is 0.595 bits per heavy atom. The van der Waals surface area contributed by atoms with Crippen LogP contribution in [0, 0.1) is 5.41 Å². The molecule has 42 heavy (non-hydrogen) atoms. The smallest absolute Gasteiger partial charge is 0.318 e. The van der Waals surface area contributed by atoms with E-state index in [1.165, 1.54) is 24.1 Å². The molecule has 0 aromatic rings. The normalized spacial score (nSPS) is 24.9. The predicted molar refractivity (Wildman–Crippen MR) is 195 cm³/mol. The van der Waals surface area contributed by atoms with E-state index in [9.17, 15) is 0 Å². The first-order valence-corrected chi connectivity index (χ1v) is 21.6. The van der Waals surface area contributed by atoms with Gasteiger partial charge in [-0.15, -0.1) is 22.2 Å². The molecular formula is C34H73Cl2N3Si2Y. The summed E-state index contributed by atoms with van der Waals surface area (Å²) in [5.41, 5.74) is 4.68. The number of halogens is 2. The van der Waals surface area contributed by atoms with Gasteiger partial charge in [-0.25, -0.2) is 0 Å². The van der Waals surface area contributed by atoms with Gasteiger partial charge in [0.25, 0.3) is 0 Å². The molecule has 0 amide bonds. The average Bonchev–Trinajstić information content (AvgIpc) is 3.11. The zero-order valence-corrected chi connectivity index (χ0v) is 37.4. The number of hydrogen-bond acceptors (Lipinski definition) is 3. The first-order chi connectivity index (χ1) is 17.3. The van der Waals surface area contributed by atoms with Crippen molar-refractivity contribution in [2.24, 2.45) is 5.41 Å². The summed E-state index contributed by atoms with van der Waals surface area (Å²) in [6.07, 6.45) is 1.42. The van der Waals surface area contributed by atoms with Crippen LogP contribution in [0.5, 0.6) is 0 Å². The maximum Gasteiger partial charge on any atom is 0.409 e. The second kappa shape index (κ2) is 14.5. The monoisotopic (exact) mass is 738 g/mol. The molecule has 249 valence electrons. The van der Waals surface area contributed by atoms with Gasteiger partial charge in [0.15, 0.2) is 0 Å². The molecule has 1 spiro atoms. The van der Waals surface area contributed by atoms with Gasteiger partial charge in [0.05, 0.1) is 0 Å². The molecule has 3 aliphatic rings. The minimum atomic E-state index is -2.46. The predicted octanol–water partition coefficient (Wildman–Crippen LogP) is 11.5. The summed E-state index contributed by atoms with van der Waals surface area (Å²) < 4.78 is 7.53. The van der Waals surface area contributed by atoms with Gasteiger partial charge in [-0.1, -0.05) is 67.0 Å². The van der Waals surface area contributed by atoms with E-state index in [2.05, 4.69) is 152 Å². The van der Waals surface area contributed by atoms with E-state index in [1.807, 2.05) is 0 Å². The molecule has 0 aromatic heterocycles. The number of rotatable bonds is 0. The Labute approximate surface area is 302 Å². The Kier molecular flexibility index (Phi) is 15.8. The van der Waals surface area contributed by atoms with Gasteiger partial charge in [0.2, 0.25) is 0 Å². The number of allylic oxidation sites excluding steroid dienone is 2. The Bertz CT molecular complexity index is 839. The van der Waals surface area contributed by atoms with E-state index in [4.69, 9.17) is 22.2 Å². The van der Waals surface area contributed by atoms with Crippen molar-refractivity contribution in [3.05, 3.63) is 11.1 Å². The van der Waals surface area contributed by atoms with Crippen LogP contribution < -0.4 is 0 Å². The van der Waals surface area contributed by atoms with Crippen LogP contribution in [0.2, 0.25) is 15.6 Å². The standard InChI is InChI=1S/C17H35NSi.C10H22Cl2N2Si.C6H12.CH4.Y/c1-14(2,3)13-11-12-18(15(4,5)6)19(13)16(7,8)17(19,9)10;1-9(2,3)13-7-8-14(10(4,5)6)15(13,11)12;1-5(2)6(3)4;;/h13H,11-12H2,1-10H3;7-8H2,1-6H3;1-4H3;1H4;. The van der Waals surface area contributed by atoms with Crippen molar-refractivity contribution >= 4 is 37.4 Å². The largest absolute Gasteiger partial charge is 0.409 e. The molecule has 1 atom stereocenters. The van der Waals surface area contributed by atoms with Crippen molar-refractivity contribution in [1.29, 1.82) is 0 Å². The van der Waals surface area contributed by atoms with E-state index in [0.29, 0.717) is 21.0 Å². The van der Waals surface area contributed by atoms with E-state index in [0.717, 1.165) is 18.6 Å². The first kappa shape index (κ1) is 45.9. The molecule has 0 N–H and O–H groups in total. The van der Waals surface area contributed by atoms with Crippen molar-refractivity contribution in [3.8, 4) is 0 Å². The van der Waals surface area contributed by atoms with E-state index in [1.54, 1.807) is 0 Å². The minimum absolute atomic E-state index is 0. The number of hydrogen-bond donors (Lipinski definition) is 0. The summed E-state index contributed by atoms with van der Waals surface area (Å²) in [5.74, 6) is 0. The fourth-order valence-electron chi connectivity index (χ4n) is 7.72. The Balaban J connectivity index is 0. The van der Waals surface area contributed by atoms with E-state index < -0.39 is 15.3 Å². The van der Waals surface area contributed by atoms with Crippen LogP contribution in [0.25, 0.3) is 0 Å². The molecule has 3 heterocycles. The van der Waals surface area contributed by atoms with Gasteiger partial charge in [0, 0.05) is 62.4 Å². The average molecular weight is 740 g/mol. The summed E-state index contributed by atoms with van der Waals surface area (Å²) in [6, 6.07) is 0. The summed E-state index contributed by atoms with van der Waals surface area (Å²) in [6.45, 7) is 49.7. The van der Waals surface area contributed by atoms with Gasteiger partial charge < -0.3 is 4.57 Å². The van der Waals surface area contributed by atoms with Crippen molar-refractivity contribution in [2.45, 2.75) is 185 Å². The van der Waals surface area contributed by atoms with Crippen LogP contribution in [-0.4, -0.2) is 65.2 Å². The van der Waals surface area contributed by atoms with Crippen molar-refractivity contribution < 1.29 is 32.7 Å². The Morgan fingerprint density at radius 2 is 0.881 bits per heavy atom. The molecule has 0 bridgehead atoms. The van der Waals surface area contributed by atoms with Gasteiger partial charge in [-0.3, -0.25) is 9.13 Å². The van der Waals surface area contributed by atoms with Gasteiger partial charge in [-0.05, 0) is 124 Å². The molecule has 3 aliphatic heterocycles. The SMILES string of the molecule is C.CC(C)(C)C1CCN(C(C)(C)C)[Si]12C(C)(C)C2(C)C.CC(C)(C)N1CCN(C(C)(C)C)[Si]1(Cl)Cl.CC(C)=C(C)C.[Y]. The third-order valence-electron chi connectivity index (χ3n) is 10.6. The molecule has 0 aliphatic carbocycles. The van der Waals surface area contributed by atoms with E-state index >= 15 is 0 Å². The van der Waals surface area contributed by atoms with Crippen LogP contribution in [0.4, 0.5) is 0 Å². The van der Waals surface area contributed by atoms with Crippen molar-refractivity contribution in [3.63, 3.8) is 0 Å². The van der Waals surface area contributed by atoms with Crippen LogP contribution in [0.1, 0.15) is 152 Å².